The fraction of sp³-hybridized carbons (Fsp3) is 0.211. The van der Waals surface area contributed by atoms with Crippen LogP contribution in [-0.4, -0.2) is 21.4 Å². The van der Waals surface area contributed by atoms with Crippen LogP contribution in [0.4, 0.5) is 5.69 Å². The number of hydrogen-bond acceptors (Lipinski definition) is 4. The van der Waals surface area contributed by atoms with E-state index < -0.39 is 10.0 Å². The maximum absolute atomic E-state index is 12.5. The Morgan fingerprint density at radius 2 is 1.68 bits per heavy atom. The van der Waals surface area contributed by atoms with E-state index in [1.54, 1.807) is 38.3 Å². The van der Waals surface area contributed by atoms with Crippen LogP contribution in [0.2, 0.25) is 0 Å². The van der Waals surface area contributed by atoms with Crippen molar-refractivity contribution in [2.75, 3.05) is 12.4 Å². The van der Waals surface area contributed by atoms with E-state index in [0.29, 0.717) is 22.7 Å². The Morgan fingerprint density at radius 1 is 1.04 bits per heavy atom. The van der Waals surface area contributed by atoms with E-state index >= 15 is 0 Å². The predicted molar refractivity (Wildman–Crippen MR) is 101 cm³/mol. The second kappa shape index (κ2) is 6.72. The second-order valence-electron chi connectivity index (χ2n) is 5.77. The summed E-state index contributed by atoms with van der Waals surface area (Å²) >= 11 is 0. The van der Waals surface area contributed by atoms with Crippen LogP contribution < -0.4 is 10.1 Å². The van der Waals surface area contributed by atoms with Crippen molar-refractivity contribution in [3.05, 3.63) is 65.2 Å². The smallest absolute Gasteiger partial charge is 0.285 e. The van der Waals surface area contributed by atoms with Crippen LogP contribution in [0.5, 0.6) is 5.75 Å². The molecule has 0 unspecified atom stereocenters. The third-order valence-corrected chi connectivity index (χ3v) is 5.62. The zero-order chi connectivity index (χ0) is 18.0. The monoisotopic (exact) mass is 356 g/mol. The SMILES string of the molecule is CCc1ccc(NC2=NS(=O)(=O)C(c3ccc(OC)cc3)=C2C)cc1. The first-order valence-corrected chi connectivity index (χ1v) is 9.45. The number of nitrogens with one attached hydrogen (secondary N) is 1. The molecule has 6 heteroatoms. The van der Waals surface area contributed by atoms with Crippen molar-refractivity contribution in [2.45, 2.75) is 20.3 Å². The Hall–Kier alpha value is -2.60. The molecular formula is C19H20N2O3S. The van der Waals surface area contributed by atoms with Gasteiger partial charge in [0.25, 0.3) is 10.0 Å². The molecule has 0 aromatic heterocycles. The Morgan fingerprint density at radius 3 is 2.24 bits per heavy atom. The molecule has 0 bridgehead atoms. The molecule has 0 fully saturated rings. The number of methoxy groups -OCH3 is 1. The molecule has 0 saturated carbocycles. The fourth-order valence-corrected chi connectivity index (χ4v) is 4.15. The van der Waals surface area contributed by atoms with E-state index in [2.05, 4.69) is 16.6 Å². The summed E-state index contributed by atoms with van der Waals surface area (Å²) < 4.78 is 34.1. The first kappa shape index (κ1) is 17.2. The average Bonchev–Trinajstić information content (AvgIpc) is 2.84. The quantitative estimate of drug-likeness (QED) is 0.904. The second-order valence-corrected chi connectivity index (χ2v) is 7.31. The molecule has 2 aromatic carbocycles. The van der Waals surface area contributed by atoms with E-state index in [4.69, 9.17) is 4.74 Å². The van der Waals surface area contributed by atoms with E-state index in [-0.39, 0.29) is 4.91 Å². The van der Waals surface area contributed by atoms with Crippen LogP contribution in [0, 0.1) is 0 Å². The summed E-state index contributed by atoms with van der Waals surface area (Å²) in [4.78, 5) is 0.225. The zero-order valence-electron chi connectivity index (χ0n) is 14.4. The average molecular weight is 356 g/mol. The van der Waals surface area contributed by atoms with E-state index in [0.717, 1.165) is 12.1 Å². The molecule has 1 N–H and O–H groups in total. The van der Waals surface area contributed by atoms with Crippen molar-refractivity contribution >= 4 is 26.5 Å². The van der Waals surface area contributed by atoms with E-state index in [9.17, 15) is 8.42 Å². The van der Waals surface area contributed by atoms with Gasteiger partial charge < -0.3 is 10.1 Å². The predicted octanol–water partition coefficient (Wildman–Crippen LogP) is 3.84. The van der Waals surface area contributed by atoms with Crippen molar-refractivity contribution in [3.8, 4) is 5.75 Å². The summed E-state index contributed by atoms with van der Waals surface area (Å²) in [5, 5.41) is 3.11. The van der Waals surface area contributed by atoms with Gasteiger partial charge in [0.1, 0.15) is 16.5 Å². The zero-order valence-corrected chi connectivity index (χ0v) is 15.2. The maximum atomic E-state index is 12.5. The molecule has 0 aliphatic carbocycles. The van der Waals surface area contributed by atoms with Gasteiger partial charge in [-0.05, 0) is 60.9 Å². The number of nitrogens with zero attached hydrogens (tertiary/aromatic N) is 1. The molecule has 1 aliphatic rings. The van der Waals surface area contributed by atoms with Crippen LogP contribution in [0.3, 0.4) is 0 Å². The van der Waals surface area contributed by atoms with Gasteiger partial charge in [0, 0.05) is 11.3 Å². The van der Waals surface area contributed by atoms with Crippen LogP contribution >= 0.6 is 0 Å². The number of ether oxygens (including phenoxy) is 1. The van der Waals surface area contributed by atoms with Gasteiger partial charge in [0.05, 0.1) is 7.11 Å². The lowest BCUT2D eigenvalue weighted by Gasteiger charge is -2.08. The largest absolute Gasteiger partial charge is 0.497 e. The Bertz CT molecular complexity index is 941. The molecule has 0 saturated heterocycles. The third-order valence-electron chi connectivity index (χ3n) is 4.14. The molecule has 3 rings (SSSR count). The number of sulfonamides is 1. The van der Waals surface area contributed by atoms with Crippen molar-refractivity contribution in [2.24, 2.45) is 4.40 Å². The first-order chi connectivity index (χ1) is 11.9. The van der Waals surface area contributed by atoms with Gasteiger partial charge in [-0.2, -0.15) is 8.42 Å². The highest BCUT2D eigenvalue weighted by Crippen LogP contribution is 2.33. The topological polar surface area (TPSA) is 67.8 Å². The van der Waals surface area contributed by atoms with Crippen LogP contribution in [0.15, 0.2) is 58.5 Å². The van der Waals surface area contributed by atoms with Crippen molar-refractivity contribution in [3.63, 3.8) is 0 Å². The minimum atomic E-state index is -3.73. The molecule has 130 valence electrons. The summed E-state index contributed by atoms with van der Waals surface area (Å²) in [6, 6.07) is 14.8. The van der Waals surface area contributed by atoms with Gasteiger partial charge in [0.2, 0.25) is 0 Å². The lowest BCUT2D eigenvalue weighted by molar-refractivity contribution is 0.415. The van der Waals surface area contributed by atoms with Gasteiger partial charge in [-0.15, -0.1) is 4.40 Å². The Kier molecular flexibility index (Phi) is 4.63. The molecule has 1 aliphatic heterocycles. The fourth-order valence-electron chi connectivity index (χ4n) is 2.72. The molecule has 2 aromatic rings. The first-order valence-electron chi connectivity index (χ1n) is 8.01. The lowest BCUT2D eigenvalue weighted by atomic mass is 10.1. The van der Waals surface area contributed by atoms with Crippen LogP contribution in [-0.2, 0) is 16.4 Å². The summed E-state index contributed by atoms with van der Waals surface area (Å²) in [5.41, 5.74) is 3.23. The number of benzene rings is 2. The highest BCUT2D eigenvalue weighted by molar-refractivity contribution is 8.00. The van der Waals surface area contributed by atoms with Crippen molar-refractivity contribution in [1.82, 2.24) is 0 Å². The van der Waals surface area contributed by atoms with Gasteiger partial charge >= 0.3 is 0 Å². The number of hydrogen-bond donors (Lipinski definition) is 1. The molecule has 0 amide bonds. The van der Waals surface area contributed by atoms with E-state index in [1.165, 1.54) is 5.56 Å². The summed E-state index contributed by atoms with van der Waals surface area (Å²) in [5.74, 6) is 1.03. The Balaban J connectivity index is 1.93. The molecule has 25 heavy (non-hydrogen) atoms. The Labute approximate surface area is 148 Å². The molecule has 0 atom stereocenters. The molecular weight excluding hydrogens is 336 g/mol. The highest BCUT2D eigenvalue weighted by Gasteiger charge is 2.31. The molecule has 1 heterocycles. The minimum absolute atomic E-state index is 0.225. The number of amidine groups is 1. The van der Waals surface area contributed by atoms with Gasteiger partial charge in [0.15, 0.2) is 0 Å². The van der Waals surface area contributed by atoms with E-state index in [1.807, 2.05) is 24.3 Å². The number of anilines is 1. The minimum Gasteiger partial charge on any atom is -0.497 e. The van der Waals surface area contributed by atoms with Gasteiger partial charge in [-0.1, -0.05) is 19.1 Å². The summed E-state index contributed by atoms with van der Waals surface area (Å²) in [7, 11) is -2.16. The van der Waals surface area contributed by atoms with Crippen LogP contribution in [0.25, 0.3) is 4.91 Å². The molecule has 0 spiro atoms. The van der Waals surface area contributed by atoms with Crippen molar-refractivity contribution in [1.29, 1.82) is 0 Å². The number of rotatable bonds is 4. The number of aryl methyl sites for hydroxylation is 1. The highest BCUT2D eigenvalue weighted by atomic mass is 32.2. The van der Waals surface area contributed by atoms with Crippen molar-refractivity contribution < 1.29 is 13.2 Å². The summed E-state index contributed by atoms with van der Waals surface area (Å²) in [6.45, 7) is 3.85. The maximum Gasteiger partial charge on any atom is 0.285 e. The molecule has 5 nitrogen and oxygen atoms in total. The molecule has 0 radical (unpaired) electrons. The van der Waals surface area contributed by atoms with Crippen LogP contribution in [0.1, 0.15) is 25.0 Å². The van der Waals surface area contributed by atoms with Gasteiger partial charge in [-0.25, -0.2) is 0 Å². The summed E-state index contributed by atoms with van der Waals surface area (Å²) in [6.07, 6.45) is 0.955. The normalized spacial score (nSPS) is 15.9. The van der Waals surface area contributed by atoms with Gasteiger partial charge in [-0.3, -0.25) is 0 Å². The standard InChI is InChI=1S/C19H20N2O3S/c1-4-14-5-9-16(10-6-14)20-19-13(2)18(25(22,23)21-19)15-7-11-17(24-3)12-8-15/h5-12H,4H2,1-3H3,(H,20,21). The third kappa shape index (κ3) is 3.44. The lowest BCUT2D eigenvalue weighted by Crippen LogP contribution is -2.11.